The number of hydrogen-bond donors (Lipinski definition) is 1. The predicted octanol–water partition coefficient (Wildman–Crippen LogP) is 3.46. The van der Waals surface area contributed by atoms with Gasteiger partial charge in [0.15, 0.2) is 0 Å². The van der Waals surface area contributed by atoms with E-state index in [9.17, 15) is 0 Å². The molecule has 0 spiro atoms. The first-order valence-electron chi connectivity index (χ1n) is 5.84. The van der Waals surface area contributed by atoms with Crippen molar-refractivity contribution in [2.45, 2.75) is 32.6 Å². The summed E-state index contributed by atoms with van der Waals surface area (Å²) < 4.78 is 5.18. The van der Waals surface area contributed by atoms with Crippen LogP contribution in [0.25, 0.3) is 6.08 Å². The Kier molecular flexibility index (Phi) is 6.67. The minimum atomic E-state index is 0.919. The molecule has 1 aromatic heterocycles. The van der Waals surface area contributed by atoms with Gasteiger partial charge in [-0.3, -0.25) is 0 Å². The van der Waals surface area contributed by atoms with E-state index < -0.39 is 0 Å². The molecule has 84 valence electrons. The molecule has 0 aromatic carbocycles. The number of furan rings is 1. The van der Waals surface area contributed by atoms with Crippen LogP contribution in [0.5, 0.6) is 0 Å². The maximum atomic E-state index is 5.18. The molecule has 2 nitrogen and oxygen atoms in total. The minimum absolute atomic E-state index is 0.919. The smallest absolute Gasteiger partial charge is 0.126 e. The quantitative estimate of drug-likeness (QED) is 0.660. The Balaban J connectivity index is 1.93. The second-order valence-corrected chi connectivity index (χ2v) is 3.68. The van der Waals surface area contributed by atoms with Crippen molar-refractivity contribution in [1.82, 2.24) is 5.32 Å². The Bertz CT molecular complexity index is 252. The maximum Gasteiger partial charge on any atom is 0.126 e. The van der Waals surface area contributed by atoms with Crippen molar-refractivity contribution in [2.24, 2.45) is 0 Å². The van der Waals surface area contributed by atoms with Crippen molar-refractivity contribution in [2.75, 3.05) is 13.1 Å². The van der Waals surface area contributed by atoms with Crippen LogP contribution < -0.4 is 5.32 Å². The van der Waals surface area contributed by atoms with Crippen LogP contribution in [0.3, 0.4) is 0 Å². The third kappa shape index (κ3) is 6.13. The van der Waals surface area contributed by atoms with Gasteiger partial charge in [-0.25, -0.2) is 0 Å². The summed E-state index contributed by atoms with van der Waals surface area (Å²) in [4.78, 5) is 0. The molecule has 1 aromatic rings. The van der Waals surface area contributed by atoms with Crippen LogP contribution in [0.1, 0.15) is 38.4 Å². The van der Waals surface area contributed by atoms with Gasteiger partial charge in [-0.1, -0.05) is 32.3 Å². The lowest BCUT2D eigenvalue weighted by Crippen LogP contribution is -2.14. The lowest BCUT2D eigenvalue weighted by molar-refractivity contribution is 0.556. The summed E-state index contributed by atoms with van der Waals surface area (Å²) in [6, 6.07) is 3.86. The molecular weight excluding hydrogens is 186 g/mol. The Morgan fingerprint density at radius 2 is 2.27 bits per heavy atom. The Hall–Kier alpha value is -1.02. The third-order valence-corrected chi connectivity index (χ3v) is 2.29. The van der Waals surface area contributed by atoms with Crippen LogP contribution in [0, 0.1) is 0 Å². The third-order valence-electron chi connectivity index (χ3n) is 2.29. The van der Waals surface area contributed by atoms with Crippen LogP contribution >= 0.6 is 0 Å². The van der Waals surface area contributed by atoms with Gasteiger partial charge in [-0.05, 0) is 31.2 Å². The number of rotatable bonds is 8. The molecule has 0 bridgehead atoms. The molecule has 0 saturated heterocycles. The molecule has 0 radical (unpaired) electrons. The molecule has 0 unspecified atom stereocenters. The molecule has 0 amide bonds. The average Bonchev–Trinajstić information content (AvgIpc) is 2.75. The number of nitrogens with one attached hydrogen (secondary N) is 1. The number of unbranched alkanes of at least 4 members (excludes halogenated alkanes) is 3. The summed E-state index contributed by atoms with van der Waals surface area (Å²) in [5, 5.41) is 3.38. The Morgan fingerprint density at radius 3 is 3.00 bits per heavy atom. The normalized spacial score (nSPS) is 11.3. The molecule has 1 rings (SSSR count). The number of hydrogen-bond acceptors (Lipinski definition) is 2. The highest BCUT2D eigenvalue weighted by Crippen LogP contribution is 2.01. The molecule has 0 fully saturated rings. The monoisotopic (exact) mass is 207 g/mol. The maximum absolute atomic E-state index is 5.18. The molecule has 0 aliphatic heterocycles. The van der Waals surface area contributed by atoms with Crippen molar-refractivity contribution in [3.05, 3.63) is 30.2 Å². The van der Waals surface area contributed by atoms with Crippen molar-refractivity contribution >= 4 is 6.08 Å². The molecule has 0 aliphatic carbocycles. The van der Waals surface area contributed by atoms with E-state index in [2.05, 4.69) is 18.3 Å². The van der Waals surface area contributed by atoms with Gasteiger partial charge in [0.1, 0.15) is 5.76 Å². The van der Waals surface area contributed by atoms with Gasteiger partial charge in [-0.2, -0.15) is 0 Å². The highest BCUT2D eigenvalue weighted by molar-refractivity contribution is 5.42. The second kappa shape index (κ2) is 8.30. The van der Waals surface area contributed by atoms with Crippen LogP contribution in [0.4, 0.5) is 0 Å². The zero-order chi connectivity index (χ0) is 10.8. The topological polar surface area (TPSA) is 25.2 Å². The average molecular weight is 207 g/mol. The molecule has 0 atom stereocenters. The van der Waals surface area contributed by atoms with E-state index in [-0.39, 0.29) is 0 Å². The summed E-state index contributed by atoms with van der Waals surface area (Å²) in [7, 11) is 0. The predicted molar refractivity (Wildman–Crippen MR) is 64.8 cm³/mol. The lowest BCUT2D eigenvalue weighted by atomic mass is 10.2. The van der Waals surface area contributed by atoms with Crippen molar-refractivity contribution in [3.63, 3.8) is 0 Å². The minimum Gasteiger partial charge on any atom is -0.465 e. The van der Waals surface area contributed by atoms with Crippen molar-refractivity contribution < 1.29 is 4.42 Å². The Labute approximate surface area is 92.4 Å². The van der Waals surface area contributed by atoms with E-state index in [1.54, 1.807) is 6.26 Å². The van der Waals surface area contributed by atoms with E-state index >= 15 is 0 Å². The van der Waals surface area contributed by atoms with Gasteiger partial charge in [0.25, 0.3) is 0 Å². The van der Waals surface area contributed by atoms with Gasteiger partial charge in [-0.15, -0.1) is 0 Å². The highest BCUT2D eigenvalue weighted by atomic mass is 16.3. The van der Waals surface area contributed by atoms with Gasteiger partial charge >= 0.3 is 0 Å². The fourth-order valence-electron chi connectivity index (χ4n) is 1.42. The van der Waals surface area contributed by atoms with E-state index in [1.165, 1.54) is 25.7 Å². The molecule has 1 N–H and O–H groups in total. The summed E-state index contributed by atoms with van der Waals surface area (Å²) in [5.41, 5.74) is 0. The summed E-state index contributed by atoms with van der Waals surface area (Å²) in [6.07, 6.45) is 11.1. The largest absolute Gasteiger partial charge is 0.465 e. The lowest BCUT2D eigenvalue weighted by Gasteiger charge is -2.00. The van der Waals surface area contributed by atoms with Crippen LogP contribution in [0.15, 0.2) is 28.9 Å². The Morgan fingerprint density at radius 1 is 1.33 bits per heavy atom. The van der Waals surface area contributed by atoms with Crippen LogP contribution in [-0.2, 0) is 0 Å². The highest BCUT2D eigenvalue weighted by Gasteiger charge is 1.88. The van der Waals surface area contributed by atoms with E-state index in [4.69, 9.17) is 4.42 Å². The fourth-order valence-corrected chi connectivity index (χ4v) is 1.42. The van der Waals surface area contributed by atoms with Crippen molar-refractivity contribution in [1.29, 1.82) is 0 Å². The van der Waals surface area contributed by atoms with Gasteiger partial charge in [0, 0.05) is 6.54 Å². The van der Waals surface area contributed by atoms with Crippen LogP contribution in [0.2, 0.25) is 0 Å². The first-order valence-corrected chi connectivity index (χ1v) is 5.84. The zero-order valence-corrected chi connectivity index (χ0v) is 9.54. The first kappa shape index (κ1) is 12.1. The molecule has 1 heterocycles. The van der Waals surface area contributed by atoms with E-state index in [0.717, 1.165) is 18.8 Å². The molecule has 15 heavy (non-hydrogen) atoms. The standard InChI is InChI=1S/C13H21NO/c1-2-3-4-5-10-14-11-6-8-13-9-7-12-15-13/h6-9,12,14H,2-5,10-11H2,1H3/b8-6+. The van der Waals surface area contributed by atoms with Gasteiger partial charge < -0.3 is 9.73 Å². The summed E-state index contributed by atoms with van der Waals surface area (Å²) in [6.45, 7) is 4.27. The van der Waals surface area contributed by atoms with E-state index in [1.807, 2.05) is 18.2 Å². The second-order valence-electron chi connectivity index (χ2n) is 3.68. The first-order chi connectivity index (χ1) is 7.43. The zero-order valence-electron chi connectivity index (χ0n) is 9.54. The molecule has 2 heteroatoms. The molecular formula is C13H21NO. The molecule has 0 aliphatic rings. The van der Waals surface area contributed by atoms with Gasteiger partial charge in [0.05, 0.1) is 6.26 Å². The van der Waals surface area contributed by atoms with Crippen LogP contribution in [-0.4, -0.2) is 13.1 Å². The summed E-state index contributed by atoms with van der Waals surface area (Å²) in [5.74, 6) is 0.919. The SMILES string of the molecule is CCCCCCNC/C=C/c1ccco1. The van der Waals surface area contributed by atoms with E-state index in [0.29, 0.717) is 0 Å². The summed E-state index contributed by atoms with van der Waals surface area (Å²) >= 11 is 0. The molecule has 0 saturated carbocycles. The van der Waals surface area contributed by atoms with Crippen molar-refractivity contribution in [3.8, 4) is 0 Å². The van der Waals surface area contributed by atoms with Gasteiger partial charge in [0.2, 0.25) is 0 Å². The fraction of sp³-hybridized carbons (Fsp3) is 0.538.